The summed E-state index contributed by atoms with van der Waals surface area (Å²) in [6.07, 6.45) is 16.4. The maximum atomic E-state index is 12.5. The number of rotatable bonds is 24. The third kappa shape index (κ3) is 27.8. The van der Waals surface area contributed by atoms with E-state index >= 15 is 0 Å². The Morgan fingerprint density at radius 3 is 1.40 bits per heavy atom. The summed E-state index contributed by atoms with van der Waals surface area (Å²) < 4.78 is 33.4. The molecule has 0 rings (SSSR count). The number of amides is 1. The van der Waals surface area contributed by atoms with E-state index < -0.39 is 58.1 Å². The number of hydrogen-bond donors (Lipinski definition) is 0. The smallest absolute Gasteiger partial charge is 0.747 e. The van der Waals surface area contributed by atoms with Crippen LogP contribution in [-0.2, 0) is 29.3 Å². The molecule has 0 saturated carbocycles. The molecule has 0 heterocycles. The van der Waals surface area contributed by atoms with Crippen LogP contribution in [0.2, 0.25) is 0 Å². The molecule has 0 bridgehead atoms. The van der Waals surface area contributed by atoms with E-state index in [1.807, 2.05) is 0 Å². The van der Waals surface area contributed by atoms with Gasteiger partial charge in [-0.2, -0.15) is 0 Å². The Bertz CT molecular complexity index is 875. The Balaban J connectivity index is -0.00000114. The molecule has 0 aromatic heterocycles. The third-order valence-corrected chi connectivity index (χ3v) is 7.27. The molecule has 0 fully saturated rings. The summed E-state index contributed by atoms with van der Waals surface area (Å²) in [5.74, 6) is -7.53. The number of carbonyl (C=O) groups excluding carboxylic acids is 4. The molecule has 0 aliphatic rings. The van der Waals surface area contributed by atoms with Crippen molar-refractivity contribution in [2.75, 3.05) is 0 Å². The molecular weight excluding hydrogens is 610 g/mol. The Hall–Kier alpha value is 1.53. The Morgan fingerprint density at radius 1 is 0.667 bits per heavy atom. The fourth-order valence-electron chi connectivity index (χ4n) is 4.03. The van der Waals surface area contributed by atoms with E-state index in [2.05, 4.69) is 6.92 Å². The van der Waals surface area contributed by atoms with Crippen LogP contribution in [0.5, 0.6) is 0 Å². The first-order valence-corrected chi connectivity index (χ1v) is 14.9. The van der Waals surface area contributed by atoms with Crippen molar-refractivity contribution in [2.24, 2.45) is 0 Å². The van der Waals surface area contributed by atoms with Gasteiger partial charge >= 0.3 is 118 Å². The second kappa shape index (κ2) is 32.5. The third-order valence-electron chi connectivity index (χ3n) is 6.22. The molecule has 11 nitrogen and oxygen atoms in total. The van der Waals surface area contributed by atoms with Gasteiger partial charge in [-0.25, -0.2) is 8.42 Å². The maximum absolute atomic E-state index is 12.5. The van der Waals surface area contributed by atoms with Gasteiger partial charge in [0.15, 0.2) is 0 Å². The molecule has 2 atom stereocenters. The molecule has 0 aliphatic heterocycles. The minimum Gasteiger partial charge on any atom is -0.747 e. The van der Waals surface area contributed by atoms with Crippen molar-refractivity contribution in [3.63, 3.8) is 0 Å². The predicted molar refractivity (Wildman–Crippen MR) is 132 cm³/mol. The van der Waals surface area contributed by atoms with Gasteiger partial charge in [-0.1, -0.05) is 96.5 Å². The van der Waals surface area contributed by atoms with Gasteiger partial charge < -0.3 is 39.2 Å². The summed E-state index contributed by atoms with van der Waals surface area (Å²) in [4.78, 5) is 46.2. The number of allylic oxidation sites excluding steroid dienone is 1. The van der Waals surface area contributed by atoms with Gasteiger partial charge in [0, 0.05) is 25.0 Å². The maximum Gasteiger partial charge on any atom is 1.00 e. The van der Waals surface area contributed by atoms with Crippen molar-refractivity contribution in [3.8, 4) is 0 Å². The van der Waals surface area contributed by atoms with Gasteiger partial charge in [-0.05, 0) is 12.8 Å². The molecule has 0 spiro atoms. The summed E-state index contributed by atoms with van der Waals surface area (Å²) in [5, 5.41) is 30.6. The van der Waals surface area contributed by atoms with Gasteiger partial charge in [0.25, 0.3) is 0 Å². The number of carbonyl (C=O) groups is 4. The zero-order valence-electron chi connectivity index (χ0n) is 26.3. The average molecular weight is 652 g/mol. The number of carboxylic acid groups (broad SMARTS) is 3. The van der Waals surface area contributed by atoms with E-state index in [1.165, 1.54) is 63.9 Å². The molecular formula is C26H41NNa4O10S. The second-order valence-electron chi connectivity index (χ2n) is 9.49. The largest absolute Gasteiger partial charge is 1.00 e. The average Bonchev–Trinajstić information content (AvgIpc) is 2.82. The molecule has 0 aliphatic carbocycles. The van der Waals surface area contributed by atoms with Crippen molar-refractivity contribution >= 4 is 33.9 Å². The Labute approximate surface area is 339 Å². The summed E-state index contributed by atoms with van der Waals surface area (Å²) in [6, 6.07) is -2.09. The standard InChI is InChI=1S/C26H45NO10S.4Na/c1-2-3-4-5-6-7-8-9-10-11-12-13-14-15-16-17-18-27(21(25(31)32)19-24(29)30)23(28)20-22(26(33)34)38(35,36)37;;;;/h17-18,21-22H,2-16,19-20H2,1H3,(H,29,30)(H,31,32)(H,33,34)(H,35,36,37);;;;/q;4*+1/p-4/b18-17+;;;;/t21-,22?;;;;/m0..../s1. The van der Waals surface area contributed by atoms with Crippen molar-refractivity contribution in [2.45, 2.75) is 127 Å². The normalized spacial score (nSPS) is 12.0. The first-order chi connectivity index (χ1) is 17.9. The number of hydrogen-bond acceptors (Lipinski definition) is 10. The fraction of sp³-hybridized carbons (Fsp3) is 0.769. The van der Waals surface area contributed by atoms with Gasteiger partial charge in [0.1, 0.15) is 10.1 Å². The molecule has 16 heteroatoms. The van der Waals surface area contributed by atoms with Crippen LogP contribution in [0.1, 0.15) is 116 Å². The quantitative estimate of drug-likeness (QED) is 0.0549. The molecule has 0 aromatic carbocycles. The first-order valence-electron chi connectivity index (χ1n) is 13.5. The van der Waals surface area contributed by atoms with Gasteiger partial charge in [0.2, 0.25) is 5.91 Å². The summed E-state index contributed by atoms with van der Waals surface area (Å²) in [5.41, 5.74) is 0. The number of unbranched alkanes of at least 4 members (excludes halogenated alkanes) is 14. The van der Waals surface area contributed by atoms with E-state index in [4.69, 9.17) is 0 Å². The second-order valence-corrected chi connectivity index (χ2v) is 11.0. The topological polar surface area (TPSA) is 198 Å². The zero-order valence-corrected chi connectivity index (χ0v) is 35.1. The van der Waals surface area contributed by atoms with Crippen molar-refractivity contribution in [1.29, 1.82) is 0 Å². The fourth-order valence-corrected chi connectivity index (χ4v) is 4.61. The van der Waals surface area contributed by atoms with Crippen LogP contribution < -0.4 is 134 Å². The zero-order chi connectivity index (χ0) is 29.0. The monoisotopic (exact) mass is 651 g/mol. The van der Waals surface area contributed by atoms with Gasteiger partial charge in [-0.3, -0.25) is 4.79 Å². The predicted octanol–water partition coefficient (Wildman–Crippen LogP) is -11.5. The SMILES string of the molecule is CCCCCCCCCCCCCCCC/C=C/N(C(=O)CC(C(=O)[O-])S(=O)(=O)[O-])[C@@H](CC(=O)[O-])C(=O)[O-].[Na+].[Na+].[Na+].[Na+]. The van der Waals surface area contributed by atoms with Gasteiger partial charge in [0.05, 0.1) is 23.2 Å². The molecule has 42 heavy (non-hydrogen) atoms. The molecule has 220 valence electrons. The Kier molecular flexibility index (Phi) is 41.0. The Morgan fingerprint density at radius 2 is 1.07 bits per heavy atom. The number of nitrogens with zero attached hydrogens (tertiary/aromatic N) is 1. The van der Waals surface area contributed by atoms with Crippen molar-refractivity contribution < 1.29 is 166 Å². The molecule has 0 aromatic rings. The van der Waals surface area contributed by atoms with Crippen LogP contribution in [-0.4, -0.2) is 53.0 Å². The minimum absolute atomic E-state index is 0. The molecule has 1 unspecified atom stereocenters. The van der Waals surface area contributed by atoms with E-state index in [9.17, 15) is 47.5 Å². The minimum atomic E-state index is -5.49. The summed E-state index contributed by atoms with van der Waals surface area (Å²) in [7, 11) is -5.49. The van der Waals surface area contributed by atoms with Crippen LogP contribution in [0.15, 0.2) is 12.3 Å². The molecule has 0 radical (unpaired) electrons. The van der Waals surface area contributed by atoms with Crippen LogP contribution >= 0.6 is 0 Å². The molecule has 0 saturated heterocycles. The van der Waals surface area contributed by atoms with Crippen LogP contribution in [0.4, 0.5) is 0 Å². The van der Waals surface area contributed by atoms with E-state index in [0.717, 1.165) is 31.9 Å². The van der Waals surface area contributed by atoms with Crippen molar-refractivity contribution in [3.05, 3.63) is 12.3 Å². The summed E-state index contributed by atoms with van der Waals surface area (Å²) >= 11 is 0. The van der Waals surface area contributed by atoms with Gasteiger partial charge in [-0.15, -0.1) is 0 Å². The molecule has 0 N–H and O–H groups in total. The number of aliphatic carboxylic acids is 3. The van der Waals surface area contributed by atoms with Crippen LogP contribution in [0.3, 0.4) is 0 Å². The van der Waals surface area contributed by atoms with Crippen LogP contribution in [0.25, 0.3) is 0 Å². The van der Waals surface area contributed by atoms with E-state index in [0.29, 0.717) is 17.7 Å². The van der Waals surface area contributed by atoms with Crippen molar-refractivity contribution in [1.82, 2.24) is 4.90 Å². The van der Waals surface area contributed by atoms with E-state index in [-0.39, 0.29) is 118 Å². The first kappa shape index (κ1) is 53.0. The number of carboxylic acids is 3. The van der Waals surface area contributed by atoms with Crippen LogP contribution in [0, 0.1) is 0 Å². The van der Waals surface area contributed by atoms with E-state index in [1.54, 1.807) is 0 Å². The molecule has 1 amide bonds. The summed E-state index contributed by atoms with van der Waals surface area (Å²) in [6.45, 7) is 2.21.